The molecule has 0 saturated carbocycles. The van der Waals surface area contributed by atoms with Gasteiger partial charge in [0.15, 0.2) is 0 Å². The molecule has 0 atom stereocenters. The van der Waals surface area contributed by atoms with Gasteiger partial charge in [0, 0.05) is 0 Å². The van der Waals surface area contributed by atoms with E-state index in [2.05, 4.69) is 25.7 Å². The average Bonchev–Trinajstić information content (AvgIpc) is 2.47. The quantitative estimate of drug-likeness (QED) is 0.446. The fourth-order valence-electron chi connectivity index (χ4n) is 1.13. The van der Waals surface area contributed by atoms with Crippen molar-refractivity contribution in [2.75, 3.05) is 0 Å². The number of rotatable bonds is 9. The molecule has 0 rings (SSSR count). The molecule has 0 saturated heterocycles. The van der Waals surface area contributed by atoms with Gasteiger partial charge in [0.2, 0.25) is 0 Å². The van der Waals surface area contributed by atoms with Crippen LogP contribution in [0.25, 0.3) is 0 Å². The molecule has 0 bridgehead atoms. The maximum absolute atomic E-state index is 3.60. The Balaban J connectivity index is 3.83. The summed E-state index contributed by atoms with van der Waals surface area (Å²) in [6, 6.07) is 0. The summed E-state index contributed by atoms with van der Waals surface area (Å²) in [6.07, 6.45) is 34.8. The van der Waals surface area contributed by atoms with E-state index in [-0.39, 0.29) is 0 Å². The van der Waals surface area contributed by atoms with Crippen LogP contribution in [0.1, 0.15) is 13.3 Å². The van der Waals surface area contributed by atoms with E-state index in [0.717, 1.165) is 6.42 Å². The van der Waals surface area contributed by atoms with Crippen LogP contribution in [0.15, 0.2) is 110 Å². The smallest absolute Gasteiger partial charge is 0.0376 e. The number of allylic oxidation sites excluding steroid dienone is 17. The van der Waals surface area contributed by atoms with Gasteiger partial charge in [-0.3, -0.25) is 0 Å². The topological polar surface area (TPSA) is 0 Å². The summed E-state index contributed by atoms with van der Waals surface area (Å²) >= 11 is 0. The van der Waals surface area contributed by atoms with Crippen LogP contribution in [-0.2, 0) is 0 Å². The third kappa shape index (κ3) is 15.7. The van der Waals surface area contributed by atoms with Gasteiger partial charge in [0.1, 0.15) is 0 Å². The second kappa shape index (κ2) is 16.7. The number of hydrogen-bond acceptors (Lipinski definition) is 0. The molecule has 0 aromatic carbocycles. The summed E-state index contributed by atoms with van der Waals surface area (Å²) < 4.78 is 0. The molecular weight excluding hydrogens is 240 g/mol. The summed E-state index contributed by atoms with van der Waals surface area (Å²) in [5.41, 5.74) is 0. The summed E-state index contributed by atoms with van der Waals surface area (Å²) in [6.45, 7) is 5.72. The molecule has 0 spiro atoms. The summed E-state index contributed by atoms with van der Waals surface area (Å²) in [5, 5.41) is 0. The van der Waals surface area contributed by atoms with E-state index in [1.807, 2.05) is 85.1 Å². The van der Waals surface area contributed by atoms with Crippen molar-refractivity contribution >= 4 is 0 Å². The molecule has 0 heterocycles. The average molecular weight is 264 g/mol. The first-order chi connectivity index (χ1) is 9.91. The van der Waals surface area contributed by atoms with Gasteiger partial charge in [-0.05, 0) is 6.42 Å². The van der Waals surface area contributed by atoms with Crippen molar-refractivity contribution in [2.45, 2.75) is 13.3 Å². The second-order valence-electron chi connectivity index (χ2n) is 3.77. The van der Waals surface area contributed by atoms with Crippen LogP contribution < -0.4 is 0 Å². The van der Waals surface area contributed by atoms with Gasteiger partial charge < -0.3 is 0 Å². The fraction of sp³-hybridized carbons (Fsp3) is 0.100. The zero-order valence-corrected chi connectivity index (χ0v) is 12.2. The van der Waals surface area contributed by atoms with E-state index in [0.29, 0.717) is 0 Å². The Morgan fingerprint density at radius 3 is 1.10 bits per heavy atom. The van der Waals surface area contributed by atoms with Gasteiger partial charge in [-0.2, -0.15) is 0 Å². The van der Waals surface area contributed by atoms with Crippen LogP contribution in [0.2, 0.25) is 0 Å². The Hall–Kier alpha value is -2.34. The molecule has 0 aliphatic carbocycles. The predicted molar refractivity (Wildman–Crippen MR) is 93.6 cm³/mol. The first-order valence-corrected chi connectivity index (χ1v) is 6.86. The minimum absolute atomic E-state index is 1.08. The van der Waals surface area contributed by atoms with Gasteiger partial charge in [0.05, 0.1) is 0 Å². The molecular formula is C20H24. The van der Waals surface area contributed by atoms with Gasteiger partial charge in [-0.15, -0.1) is 0 Å². The molecule has 0 N–H and O–H groups in total. The summed E-state index contributed by atoms with van der Waals surface area (Å²) in [5.74, 6) is 0. The highest BCUT2D eigenvalue weighted by Gasteiger charge is 1.65. The molecule has 104 valence electrons. The van der Waals surface area contributed by atoms with E-state index in [4.69, 9.17) is 0 Å². The Bertz CT molecular complexity index is 446. The van der Waals surface area contributed by atoms with E-state index in [9.17, 15) is 0 Å². The molecule has 0 heteroatoms. The van der Waals surface area contributed by atoms with Crippen LogP contribution >= 0.6 is 0 Å². The van der Waals surface area contributed by atoms with Crippen LogP contribution in [0.5, 0.6) is 0 Å². The molecule has 0 unspecified atom stereocenters. The molecule has 0 aliphatic rings. The minimum atomic E-state index is 1.08. The maximum Gasteiger partial charge on any atom is -0.0376 e. The third-order valence-electron chi connectivity index (χ3n) is 2.06. The maximum atomic E-state index is 3.60. The van der Waals surface area contributed by atoms with Crippen LogP contribution in [-0.4, -0.2) is 0 Å². The largest absolute Gasteiger partial charge is 0.0991 e. The van der Waals surface area contributed by atoms with E-state index >= 15 is 0 Å². The lowest BCUT2D eigenvalue weighted by atomic mass is 10.3. The lowest BCUT2D eigenvalue weighted by molar-refractivity contribution is 1.22. The highest BCUT2D eigenvalue weighted by molar-refractivity contribution is 5.21. The van der Waals surface area contributed by atoms with Crippen molar-refractivity contribution in [2.24, 2.45) is 0 Å². The van der Waals surface area contributed by atoms with Crippen molar-refractivity contribution in [1.82, 2.24) is 0 Å². The van der Waals surface area contributed by atoms with Crippen LogP contribution in [0, 0.1) is 0 Å². The van der Waals surface area contributed by atoms with Crippen LogP contribution in [0.4, 0.5) is 0 Å². The van der Waals surface area contributed by atoms with Crippen molar-refractivity contribution in [3.05, 3.63) is 110 Å². The molecule has 0 aromatic rings. The van der Waals surface area contributed by atoms with E-state index in [1.165, 1.54) is 0 Å². The molecule has 0 radical (unpaired) electrons. The Labute approximate surface area is 123 Å². The van der Waals surface area contributed by atoms with Gasteiger partial charge in [0.25, 0.3) is 0 Å². The number of hydrogen-bond donors (Lipinski definition) is 0. The lowest BCUT2D eigenvalue weighted by Gasteiger charge is -1.76. The highest BCUT2D eigenvalue weighted by Crippen LogP contribution is 1.86. The zero-order valence-electron chi connectivity index (χ0n) is 12.2. The van der Waals surface area contributed by atoms with Crippen molar-refractivity contribution in [3.63, 3.8) is 0 Å². The SMILES string of the molecule is C=C/C=C/C=C/C=C/C=C/C=C/C=C/C=C/C=C/CC. The fourth-order valence-corrected chi connectivity index (χ4v) is 1.13. The minimum Gasteiger partial charge on any atom is -0.0991 e. The zero-order chi connectivity index (χ0) is 14.7. The van der Waals surface area contributed by atoms with Gasteiger partial charge >= 0.3 is 0 Å². The third-order valence-corrected chi connectivity index (χ3v) is 2.06. The summed E-state index contributed by atoms with van der Waals surface area (Å²) in [7, 11) is 0. The monoisotopic (exact) mass is 264 g/mol. The standard InChI is InChI=1S/C20H24/c1-3-5-7-9-11-13-15-17-19-20-18-16-14-12-10-8-6-4-2/h3,5-20H,1,4H2,2H3/b7-5+,8-6+,11-9+,12-10+,15-13+,16-14+,19-17+,20-18+. The summed E-state index contributed by atoms with van der Waals surface area (Å²) in [4.78, 5) is 0. The van der Waals surface area contributed by atoms with Crippen LogP contribution in [0.3, 0.4) is 0 Å². The van der Waals surface area contributed by atoms with Crippen molar-refractivity contribution in [1.29, 1.82) is 0 Å². The van der Waals surface area contributed by atoms with Crippen molar-refractivity contribution < 1.29 is 0 Å². The Morgan fingerprint density at radius 1 is 0.500 bits per heavy atom. The van der Waals surface area contributed by atoms with Crippen molar-refractivity contribution in [3.8, 4) is 0 Å². The van der Waals surface area contributed by atoms with Gasteiger partial charge in [-0.1, -0.05) is 117 Å². The first kappa shape index (κ1) is 17.7. The first-order valence-electron chi connectivity index (χ1n) is 6.86. The molecule has 0 nitrogen and oxygen atoms in total. The molecule has 0 fully saturated rings. The van der Waals surface area contributed by atoms with E-state index in [1.54, 1.807) is 6.08 Å². The molecule has 0 amide bonds. The van der Waals surface area contributed by atoms with Gasteiger partial charge in [-0.25, -0.2) is 0 Å². The Morgan fingerprint density at radius 2 is 0.800 bits per heavy atom. The molecule has 0 aliphatic heterocycles. The Kier molecular flexibility index (Phi) is 14.7. The molecule has 0 aromatic heterocycles. The second-order valence-corrected chi connectivity index (χ2v) is 3.77. The highest BCUT2D eigenvalue weighted by atomic mass is 13.7. The predicted octanol–water partition coefficient (Wildman–Crippen LogP) is 6.03. The molecule has 20 heavy (non-hydrogen) atoms. The normalized spacial score (nSPS) is 14.1. The lowest BCUT2D eigenvalue weighted by Crippen LogP contribution is -1.54. The van der Waals surface area contributed by atoms with E-state index < -0.39 is 0 Å².